The molecule has 118 valence electrons. The number of nitriles is 1. The average molecular weight is 421 g/mol. The Morgan fingerprint density at radius 1 is 1.43 bits per heavy atom. The van der Waals surface area contributed by atoms with Crippen molar-refractivity contribution in [3.8, 4) is 11.9 Å². The standard InChI is InChI=1S/C16H16IN5O/c1-11-7-13(15(17)22(11)9-18)16(23)20-14-8-21(10-19-14)12-5-3-2-4-6-12/h2-6,8,10-11,13,15H,7H2,1H3,(H,20,23). The van der Waals surface area contributed by atoms with Crippen LogP contribution < -0.4 is 5.32 Å². The minimum atomic E-state index is -0.216. The van der Waals surface area contributed by atoms with E-state index in [-0.39, 0.29) is 21.9 Å². The Balaban J connectivity index is 1.70. The van der Waals surface area contributed by atoms with E-state index in [1.165, 1.54) is 0 Å². The molecule has 3 unspecified atom stereocenters. The molecule has 0 bridgehead atoms. The molecule has 1 aliphatic heterocycles. The van der Waals surface area contributed by atoms with Crippen LogP contribution in [-0.2, 0) is 4.79 Å². The first-order valence-electron chi connectivity index (χ1n) is 7.32. The van der Waals surface area contributed by atoms with Crippen LogP contribution in [0, 0.1) is 17.4 Å². The Bertz CT molecular complexity index is 738. The number of rotatable bonds is 3. The second kappa shape index (κ2) is 6.58. The number of hydrogen-bond acceptors (Lipinski definition) is 4. The van der Waals surface area contributed by atoms with Crippen LogP contribution >= 0.6 is 22.6 Å². The minimum absolute atomic E-state index is 0.0829. The lowest BCUT2D eigenvalue weighted by atomic mass is 10.1. The fourth-order valence-electron chi connectivity index (χ4n) is 2.76. The van der Waals surface area contributed by atoms with Gasteiger partial charge in [-0.2, -0.15) is 5.26 Å². The maximum Gasteiger partial charge on any atom is 0.231 e. The molecule has 1 N–H and O–H groups in total. The van der Waals surface area contributed by atoms with Gasteiger partial charge in [0.05, 0.1) is 12.1 Å². The highest BCUT2D eigenvalue weighted by molar-refractivity contribution is 14.1. The summed E-state index contributed by atoms with van der Waals surface area (Å²) >= 11 is 2.16. The van der Waals surface area contributed by atoms with Crippen molar-refractivity contribution in [2.24, 2.45) is 5.92 Å². The molecule has 1 aromatic carbocycles. The van der Waals surface area contributed by atoms with E-state index < -0.39 is 0 Å². The van der Waals surface area contributed by atoms with Gasteiger partial charge in [0.25, 0.3) is 0 Å². The molecule has 1 saturated heterocycles. The van der Waals surface area contributed by atoms with E-state index in [4.69, 9.17) is 5.26 Å². The molecule has 6 nitrogen and oxygen atoms in total. The van der Waals surface area contributed by atoms with Crippen molar-refractivity contribution >= 4 is 34.3 Å². The first-order valence-corrected chi connectivity index (χ1v) is 8.57. The third kappa shape index (κ3) is 3.17. The lowest BCUT2D eigenvalue weighted by molar-refractivity contribution is -0.119. The van der Waals surface area contributed by atoms with Gasteiger partial charge in [-0.25, -0.2) is 4.98 Å². The van der Waals surface area contributed by atoms with Crippen LogP contribution in [0.1, 0.15) is 13.3 Å². The van der Waals surface area contributed by atoms with Gasteiger partial charge in [-0.1, -0.05) is 40.8 Å². The van der Waals surface area contributed by atoms with Crippen molar-refractivity contribution in [2.75, 3.05) is 5.32 Å². The van der Waals surface area contributed by atoms with Gasteiger partial charge >= 0.3 is 0 Å². The third-order valence-corrected chi connectivity index (χ3v) is 5.48. The Hall–Kier alpha value is -2.08. The predicted molar refractivity (Wildman–Crippen MR) is 95.0 cm³/mol. The number of benzene rings is 1. The summed E-state index contributed by atoms with van der Waals surface area (Å²) in [7, 11) is 0. The van der Waals surface area contributed by atoms with Crippen molar-refractivity contribution in [3.05, 3.63) is 42.9 Å². The number of likely N-dealkylation sites (tertiary alicyclic amines) is 1. The molecule has 3 atom stereocenters. The summed E-state index contributed by atoms with van der Waals surface area (Å²) < 4.78 is 1.74. The van der Waals surface area contributed by atoms with Crippen molar-refractivity contribution in [2.45, 2.75) is 23.4 Å². The number of carbonyl (C=O) groups is 1. The highest BCUT2D eigenvalue weighted by atomic mass is 127. The predicted octanol–water partition coefficient (Wildman–Crippen LogP) is 2.76. The monoisotopic (exact) mass is 421 g/mol. The molecule has 1 aliphatic rings. The van der Waals surface area contributed by atoms with Crippen molar-refractivity contribution in [3.63, 3.8) is 0 Å². The molecule has 23 heavy (non-hydrogen) atoms. The van der Waals surface area contributed by atoms with Crippen LogP contribution in [0.15, 0.2) is 42.9 Å². The number of alkyl halides is 1. The zero-order chi connectivity index (χ0) is 16.4. The molecular formula is C16H16IN5O. The van der Waals surface area contributed by atoms with E-state index in [0.717, 1.165) is 5.69 Å². The molecule has 1 fully saturated rings. The Morgan fingerprint density at radius 3 is 2.83 bits per heavy atom. The SMILES string of the molecule is CC1CC(C(=O)Nc2cn(-c3ccccc3)cn2)C(I)N1C#N. The zero-order valence-electron chi connectivity index (χ0n) is 12.6. The third-order valence-electron chi connectivity index (χ3n) is 4.01. The van der Waals surface area contributed by atoms with E-state index in [9.17, 15) is 4.79 Å². The van der Waals surface area contributed by atoms with E-state index >= 15 is 0 Å². The second-order valence-electron chi connectivity index (χ2n) is 5.56. The van der Waals surface area contributed by atoms with Crippen molar-refractivity contribution in [1.82, 2.24) is 14.5 Å². The lowest BCUT2D eigenvalue weighted by Crippen LogP contribution is -2.32. The van der Waals surface area contributed by atoms with Crippen LogP contribution in [0.4, 0.5) is 5.82 Å². The molecule has 0 aliphatic carbocycles. The van der Waals surface area contributed by atoms with Gasteiger partial charge in [0.1, 0.15) is 10.4 Å². The molecular weight excluding hydrogens is 405 g/mol. The number of imidazole rings is 1. The molecule has 2 heterocycles. The number of nitrogens with zero attached hydrogens (tertiary/aromatic N) is 4. The number of hydrogen-bond donors (Lipinski definition) is 1. The number of aromatic nitrogens is 2. The van der Waals surface area contributed by atoms with Gasteiger partial charge in [-0.05, 0) is 25.5 Å². The molecule has 0 spiro atoms. The van der Waals surface area contributed by atoms with E-state index in [1.807, 2.05) is 41.8 Å². The van der Waals surface area contributed by atoms with E-state index in [1.54, 1.807) is 17.4 Å². The van der Waals surface area contributed by atoms with Crippen LogP contribution in [0.3, 0.4) is 0 Å². The fourth-order valence-corrected chi connectivity index (χ4v) is 4.06. The number of nitrogens with one attached hydrogen (secondary N) is 1. The average Bonchev–Trinajstić information content (AvgIpc) is 3.13. The van der Waals surface area contributed by atoms with Crippen LogP contribution in [-0.4, -0.2) is 30.4 Å². The summed E-state index contributed by atoms with van der Waals surface area (Å²) in [6.07, 6.45) is 6.30. The zero-order valence-corrected chi connectivity index (χ0v) is 14.7. The van der Waals surface area contributed by atoms with Crippen LogP contribution in [0.2, 0.25) is 0 Å². The summed E-state index contributed by atoms with van der Waals surface area (Å²) in [5, 5.41) is 12.0. The molecule has 0 radical (unpaired) electrons. The number of anilines is 1. The molecule has 1 aromatic heterocycles. The normalized spacial score (nSPS) is 23.5. The number of para-hydroxylation sites is 1. The topological polar surface area (TPSA) is 74.0 Å². The highest BCUT2D eigenvalue weighted by Crippen LogP contribution is 2.34. The maximum atomic E-state index is 12.5. The first kappa shape index (κ1) is 15.8. The summed E-state index contributed by atoms with van der Waals surface area (Å²) in [6, 6.07) is 9.87. The minimum Gasteiger partial charge on any atom is -0.309 e. The Labute approximate surface area is 148 Å². The van der Waals surface area contributed by atoms with Crippen molar-refractivity contribution < 1.29 is 4.79 Å². The number of carbonyl (C=O) groups excluding carboxylic acids is 1. The Kier molecular flexibility index (Phi) is 4.52. The quantitative estimate of drug-likeness (QED) is 0.358. The molecule has 2 aromatic rings. The maximum absolute atomic E-state index is 12.5. The summed E-state index contributed by atoms with van der Waals surface area (Å²) in [4.78, 5) is 18.4. The van der Waals surface area contributed by atoms with Gasteiger partial charge in [-0.15, -0.1) is 0 Å². The van der Waals surface area contributed by atoms with Gasteiger partial charge in [0.2, 0.25) is 5.91 Å². The van der Waals surface area contributed by atoms with E-state index in [2.05, 4.69) is 39.1 Å². The number of halogens is 1. The van der Waals surface area contributed by atoms with Gasteiger partial charge in [0, 0.05) is 11.7 Å². The number of amides is 1. The smallest absolute Gasteiger partial charge is 0.231 e. The molecule has 1 amide bonds. The molecule has 3 rings (SSSR count). The van der Waals surface area contributed by atoms with Crippen molar-refractivity contribution in [1.29, 1.82) is 5.26 Å². The lowest BCUT2D eigenvalue weighted by Gasteiger charge is -2.18. The fraction of sp³-hybridized carbons (Fsp3) is 0.312. The highest BCUT2D eigenvalue weighted by Gasteiger charge is 2.41. The molecule has 0 saturated carbocycles. The Morgan fingerprint density at radius 2 is 2.17 bits per heavy atom. The second-order valence-corrected chi connectivity index (χ2v) is 6.84. The first-order chi connectivity index (χ1) is 11.1. The summed E-state index contributed by atoms with van der Waals surface area (Å²) in [5.74, 6) is 0.213. The van der Waals surface area contributed by atoms with Gasteiger partial charge < -0.3 is 9.88 Å². The van der Waals surface area contributed by atoms with Gasteiger partial charge in [0.15, 0.2) is 12.0 Å². The largest absolute Gasteiger partial charge is 0.309 e. The summed E-state index contributed by atoms with van der Waals surface area (Å²) in [5.41, 5.74) is 0.984. The van der Waals surface area contributed by atoms with E-state index in [0.29, 0.717) is 12.2 Å². The summed E-state index contributed by atoms with van der Waals surface area (Å²) in [6.45, 7) is 1.96. The van der Waals surface area contributed by atoms with Crippen LogP contribution in [0.5, 0.6) is 0 Å². The molecule has 7 heteroatoms. The van der Waals surface area contributed by atoms with Crippen LogP contribution in [0.25, 0.3) is 5.69 Å². The van der Waals surface area contributed by atoms with Gasteiger partial charge in [-0.3, -0.25) is 9.69 Å².